The summed E-state index contributed by atoms with van der Waals surface area (Å²) in [6.07, 6.45) is -0.606. The smallest absolute Gasteiger partial charge is 0.345 e. The Hall–Kier alpha value is -1.27. The maximum absolute atomic E-state index is 11.3. The first-order valence-corrected chi connectivity index (χ1v) is 7.40. The Bertz CT molecular complexity index is 534. The number of carbonyl (C=O) groups is 1. The lowest BCUT2D eigenvalue weighted by Gasteiger charge is -2.15. The molecule has 0 amide bonds. The van der Waals surface area contributed by atoms with Crippen LogP contribution in [0.2, 0.25) is 5.02 Å². The van der Waals surface area contributed by atoms with E-state index in [2.05, 4.69) is 22.6 Å². The third-order valence-corrected chi connectivity index (χ3v) is 3.67. The Morgan fingerprint density at radius 2 is 1.75 bits per heavy atom. The van der Waals surface area contributed by atoms with E-state index in [1.807, 2.05) is 24.3 Å². The number of ether oxygens (including phenoxy) is 1. The number of hydrogen-bond donors (Lipinski definition) is 1. The SMILES string of the molecule is O=C(O)[C@H](Cc1ccc(I)cc1)Oc1ccc(Cl)cc1. The lowest BCUT2D eigenvalue weighted by Crippen LogP contribution is -2.29. The van der Waals surface area contributed by atoms with Crippen LogP contribution >= 0.6 is 34.2 Å². The van der Waals surface area contributed by atoms with Gasteiger partial charge in [0.15, 0.2) is 6.10 Å². The van der Waals surface area contributed by atoms with Crippen LogP contribution in [0.1, 0.15) is 5.56 Å². The second-order valence-electron chi connectivity index (χ2n) is 4.23. The van der Waals surface area contributed by atoms with E-state index in [1.54, 1.807) is 24.3 Å². The molecule has 0 fully saturated rings. The molecule has 3 nitrogen and oxygen atoms in total. The summed E-state index contributed by atoms with van der Waals surface area (Å²) in [7, 11) is 0. The molecule has 5 heteroatoms. The van der Waals surface area contributed by atoms with Crippen LogP contribution in [0.5, 0.6) is 5.75 Å². The Morgan fingerprint density at radius 3 is 2.30 bits per heavy atom. The number of hydrogen-bond acceptors (Lipinski definition) is 2. The monoisotopic (exact) mass is 402 g/mol. The van der Waals surface area contributed by atoms with Gasteiger partial charge in [0.25, 0.3) is 0 Å². The van der Waals surface area contributed by atoms with Crippen molar-refractivity contribution < 1.29 is 14.6 Å². The molecule has 1 atom stereocenters. The average Bonchev–Trinajstić information content (AvgIpc) is 2.42. The third-order valence-electron chi connectivity index (χ3n) is 2.70. The highest BCUT2D eigenvalue weighted by Gasteiger charge is 2.20. The molecule has 0 aliphatic rings. The number of halogens is 2. The average molecular weight is 403 g/mol. The van der Waals surface area contributed by atoms with Crippen LogP contribution in [0, 0.1) is 3.57 Å². The molecule has 2 rings (SSSR count). The summed E-state index contributed by atoms with van der Waals surface area (Å²) in [5, 5.41) is 9.84. The molecular formula is C15H12ClIO3. The third kappa shape index (κ3) is 4.38. The summed E-state index contributed by atoms with van der Waals surface area (Å²) < 4.78 is 6.61. The molecule has 0 bridgehead atoms. The standard InChI is InChI=1S/C15H12ClIO3/c16-11-3-7-13(8-4-11)20-14(15(18)19)9-10-1-5-12(17)6-2-10/h1-8,14H,9H2,(H,18,19)/t14-/m0/s1. The summed E-state index contributed by atoms with van der Waals surface area (Å²) in [6.45, 7) is 0. The quantitative estimate of drug-likeness (QED) is 0.769. The van der Waals surface area contributed by atoms with Crippen LogP contribution in [0.25, 0.3) is 0 Å². The first-order chi connectivity index (χ1) is 9.54. The van der Waals surface area contributed by atoms with Crippen molar-refractivity contribution in [3.8, 4) is 5.75 Å². The van der Waals surface area contributed by atoms with Crippen molar-refractivity contribution in [1.82, 2.24) is 0 Å². The second-order valence-corrected chi connectivity index (χ2v) is 5.91. The van der Waals surface area contributed by atoms with Gasteiger partial charge >= 0.3 is 5.97 Å². The summed E-state index contributed by atoms with van der Waals surface area (Å²) in [5.41, 5.74) is 0.923. The minimum Gasteiger partial charge on any atom is -0.478 e. The molecule has 0 unspecified atom stereocenters. The van der Waals surface area contributed by atoms with Crippen molar-refractivity contribution in [2.24, 2.45) is 0 Å². The molecule has 0 heterocycles. The van der Waals surface area contributed by atoms with E-state index < -0.39 is 12.1 Å². The van der Waals surface area contributed by atoms with Crippen LogP contribution in [0.15, 0.2) is 48.5 Å². The van der Waals surface area contributed by atoms with Gasteiger partial charge in [0.05, 0.1) is 0 Å². The number of rotatable bonds is 5. The maximum atomic E-state index is 11.3. The molecule has 0 radical (unpaired) electrons. The fraction of sp³-hybridized carbons (Fsp3) is 0.133. The van der Waals surface area contributed by atoms with Crippen molar-refractivity contribution in [2.75, 3.05) is 0 Å². The van der Waals surface area contributed by atoms with E-state index in [0.717, 1.165) is 9.13 Å². The van der Waals surface area contributed by atoms with Gasteiger partial charge < -0.3 is 9.84 Å². The summed E-state index contributed by atoms with van der Waals surface area (Å²) in [5.74, 6) is -0.495. The second kappa shape index (κ2) is 6.95. The highest BCUT2D eigenvalue weighted by molar-refractivity contribution is 14.1. The lowest BCUT2D eigenvalue weighted by atomic mass is 10.1. The minimum atomic E-state index is -0.987. The van der Waals surface area contributed by atoms with Gasteiger partial charge in [0.2, 0.25) is 0 Å². The molecule has 0 saturated heterocycles. The van der Waals surface area contributed by atoms with Crippen LogP contribution < -0.4 is 4.74 Å². The number of carboxylic acids is 1. The fourth-order valence-electron chi connectivity index (χ4n) is 1.69. The van der Waals surface area contributed by atoms with Gasteiger partial charge in [0.1, 0.15) is 5.75 Å². The molecule has 2 aromatic carbocycles. The molecule has 104 valence electrons. The van der Waals surface area contributed by atoms with Crippen LogP contribution in [0.3, 0.4) is 0 Å². The van der Waals surface area contributed by atoms with E-state index in [1.165, 1.54) is 0 Å². The first-order valence-electron chi connectivity index (χ1n) is 5.94. The van der Waals surface area contributed by atoms with Gasteiger partial charge in [-0.05, 0) is 64.6 Å². The minimum absolute atomic E-state index is 0.314. The predicted molar refractivity (Wildman–Crippen MR) is 86.4 cm³/mol. The molecule has 2 aromatic rings. The van der Waals surface area contributed by atoms with E-state index in [-0.39, 0.29) is 0 Å². The van der Waals surface area contributed by atoms with Gasteiger partial charge in [-0.25, -0.2) is 4.79 Å². The molecule has 0 aliphatic carbocycles. The van der Waals surface area contributed by atoms with Crippen LogP contribution in [0.4, 0.5) is 0 Å². The first kappa shape index (κ1) is 15.1. The van der Waals surface area contributed by atoms with Crippen molar-refractivity contribution in [3.05, 3.63) is 62.7 Å². The summed E-state index contributed by atoms with van der Waals surface area (Å²) in [6, 6.07) is 14.3. The Morgan fingerprint density at radius 1 is 1.15 bits per heavy atom. The van der Waals surface area contributed by atoms with Gasteiger partial charge in [-0.1, -0.05) is 23.7 Å². The molecular weight excluding hydrogens is 391 g/mol. The number of carboxylic acid groups (broad SMARTS) is 1. The summed E-state index contributed by atoms with van der Waals surface area (Å²) in [4.78, 5) is 11.3. The molecule has 0 aliphatic heterocycles. The van der Waals surface area contributed by atoms with Gasteiger partial charge in [0, 0.05) is 15.0 Å². The molecule has 0 aromatic heterocycles. The van der Waals surface area contributed by atoms with E-state index >= 15 is 0 Å². The van der Waals surface area contributed by atoms with Crippen molar-refractivity contribution in [3.63, 3.8) is 0 Å². The maximum Gasteiger partial charge on any atom is 0.345 e. The normalized spacial score (nSPS) is 11.9. The zero-order valence-corrected chi connectivity index (χ0v) is 13.3. The van der Waals surface area contributed by atoms with Crippen molar-refractivity contribution in [1.29, 1.82) is 0 Å². The van der Waals surface area contributed by atoms with E-state index in [0.29, 0.717) is 17.2 Å². The highest BCUT2D eigenvalue weighted by atomic mass is 127. The number of benzene rings is 2. The van der Waals surface area contributed by atoms with Crippen LogP contribution in [-0.2, 0) is 11.2 Å². The zero-order valence-electron chi connectivity index (χ0n) is 10.4. The zero-order chi connectivity index (χ0) is 14.5. The molecule has 0 spiro atoms. The Labute approximate surface area is 135 Å². The van der Waals surface area contributed by atoms with Gasteiger partial charge in [-0.3, -0.25) is 0 Å². The van der Waals surface area contributed by atoms with E-state index in [9.17, 15) is 9.90 Å². The molecule has 1 N–H and O–H groups in total. The van der Waals surface area contributed by atoms with Gasteiger partial charge in [-0.15, -0.1) is 0 Å². The van der Waals surface area contributed by atoms with Gasteiger partial charge in [-0.2, -0.15) is 0 Å². The Kier molecular flexibility index (Phi) is 5.25. The Balaban J connectivity index is 2.09. The summed E-state index contributed by atoms with van der Waals surface area (Å²) >= 11 is 7.99. The molecule has 0 saturated carbocycles. The lowest BCUT2D eigenvalue weighted by molar-refractivity contribution is -0.145. The fourth-order valence-corrected chi connectivity index (χ4v) is 2.18. The van der Waals surface area contributed by atoms with Crippen LogP contribution in [-0.4, -0.2) is 17.2 Å². The topological polar surface area (TPSA) is 46.5 Å². The van der Waals surface area contributed by atoms with E-state index in [4.69, 9.17) is 16.3 Å². The predicted octanol–water partition coefficient (Wildman–Crippen LogP) is 4.02. The van der Waals surface area contributed by atoms with Crippen molar-refractivity contribution >= 4 is 40.2 Å². The largest absolute Gasteiger partial charge is 0.478 e. The highest BCUT2D eigenvalue weighted by Crippen LogP contribution is 2.18. The number of aliphatic carboxylic acids is 1. The molecule has 20 heavy (non-hydrogen) atoms. The van der Waals surface area contributed by atoms with Crippen molar-refractivity contribution in [2.45, 2.75) is 12.5 Å².